The molecule has 0 amide bonds. The lowest BCUT2D eigenvalue weighted by atomic mass is 9.99. The minimum Gasteiger partial charge on any atom is -0.504 e. The van der Waals surface area contributed by atoms with Crippen molar-refractivity contribution >= 4 is 5.97 Å². The Bertz CT molecular complexity index is 578. The Balaban J connectivity index is 2.03. The van der Waals surface area contributed by atoms with E-state index in [-0.39, 0.29) is 5.56 Å². The highest BCUT2D eigenvalue weighted by molar-refractivity contribution is 5.91. The van der Waals surface area contributed by atoms with Gasteiger partial charge in [-0.1, -0.05) is 0 Å². The average molecular weight is 346 g/mol. The fourth-order valence-corrected chi connectivity index (χ4v) is 2.21. The molecule has 0 aromatic heterocycles. The Hall–Kier alpha value is -2.11. The summed E-state index contributed by atoms with van der Waals surface area (Å²) >= 11 is 0. The molecule has 0 aliphatic carbocycles. The van der Waals surface area contributed by atoms with Gasteiger partial charge in [0.25, 0.3) is 0 Å². The lowest BCUT2D eigenvalue weighted by Crippen LogP contribution is -2.59. The summed E-state index contributed by atoms with van der Waals surface area (Å²) < 4.78 is 14.9. The summed E-state index contributed by atoms with van der Waals surface area (Å²) in [6.45, 7) is -0.494. The van der Waals surface area contributed by atoms with Crippen LogP contribution in [0.5, 0.6) is 17.2 Å². The van der Waals surface area contributed by atoms with Gasteiger partial charge >= 0.3 is 5.97 Å². The lowest BCUT2D eigenvalue weighted by Gasteiger charge is -2.39. The number of hydrogen-bond acceptors (Lipinski definition) is 10. The van der Waals surface area contributed by atoms with Crippen LogP contribution in [0.25, 0.3) is 0 Å². The molecule has 1 aromatic carbocycles. The maximum Gasteiger partial charge on any atom is 0.338 e. The van der Waals surface area contributed by atoms with Gasteiger partial charge in [-0.05, 0) is 12.1 Å². The van der Waals surface area contributed by atoms with Crippen LogP contribution in [0.2, 0.25) is 0 Å². The normalized spacial score (nSPS) is 30.1. The van der Waals surface area contributed by atoms with E-state index in [1.165, 1.54) is 7.11 Å². The summed E-state index contributed by atoms with van der Waals surface area (Å²) in [5.74, 6) is -3.19. The molecule has 2 unspecified atom stereocenters. The third-order valence-electron chi connectivity index (χ3n) is 3.58. The maximum absolute atomic E-state index is 11.9. The SMILES string of the molecule is CO[C@H]1OC(COC(=O)c2cc(O)c(O)c(O)c2)[C@@H](O)C(O)[C@H]1O. The zero-order chi connectivity index (χ0) is 18.0. The largest absolute Gasteiger partial charge is 0.504 e. The van der Waals surface area contributed by atoms with Crippen LogP contribution < -0.4 is 0 Å². The Morgan fingerprint density at radius 2 is 1.67 bits per heavy atom. The molecule has 0 spiro atoms. The molecule has 1 heterocycles. The second kappa shape index (κ2) is 7.20. The average Bonchev–Trinajstić information content (AvgIpc) is 2.56. The van der Waals surface area contributed by atoms with Crippen molar-refractivity contribution in [3.63, 3.8) is 0 Å². The van der Waals surface area contributed by atoms with Gasteiger partial charge in [-0.15, -0.1) is 0 Å². The summed E-state index contributed by atoms with van der Waals surface area (Å²) in [6, 6.07) is 1.76. The van der Waals surface area contributed by atoms with E-state index in [1.807, 2.05) is 0 Å². The van der Waals surface area contributed by atoms with Gasteiger partial charge in [-0.25, -0.2) is 4.79 Å². The van der Waals surface area contributed by atoms with Gasteiger partial charge in [0.15, 0.2) is 23.5 Å². The highest BCUT2D eigenvalue weighted by Crippen LogP contribution is 2.35. The van der Waals surface area contributed by atoms with Crippen molar-refractivity contribution in [1.82, 2.24) is 0 Å². The van der Waals surface area contributed by atoms with E-state index in [1.54, 1.807) is 0 Å². The van der Waals surface area contributed by atoms with Crippen LogP contribution in [0.15, 0.2) is 12.1 Å². The highest BCUT2D eigenvalue weighted by atomic mass is 16.7. The number of aliphatic hydroxyl groups excluding tert-OH is 3. The van der Waals surface area contributed by atoms with Crippen molar-refractivity contribution in [1.29, 1.82) is 0 Å². The van der Waals surface area contributed by atoms with Crippen molar-refractivity contribution in [2.75, 3.05) is 13.7 Å². The molecule has 0 radical (unpaired) electrons. The predicted molar refractivity (Wildman–Crippen MR) is 75.4 cm³/mol. The Kier molecular flexibility index (Phi) is 5.47. The molecular weight excluding hydrogens is 328 g/mol. The van der Waals surface area contributed by atoms with E-state index in [0.717, 1.165) is 12.1 Å². The van der Waals surface area contributed by atoms with Gasteiger partial charge < -0.3 is 44.8 Å². The smallest absolute Gasteiger partial charge is 0.338 e. The number of rotatable bonds is 4. The van der Waals surface area contributed by atoms with Gasteiger partial charge in [0.2, 0.25) is 0 Å². The number of aromatic hydroxyl groups is 3. The number of hydrogen-bond donors (Lipinski definition) is 6. The number of aliphatic hydroxyl groups is 3. The zero-order valence-corrected chi connectivity index (χ0v) is 12.6. The van der Waals surface area contributed by atoms with E-state index in [0.29, 0.717) is 0 Å². The number of benzene rings is 1. The van der Waals surface area contributed by atoms with E-state index < -0.39 is 60.5 Å². The Morgan fingerprint density at radius 3 is 2.21 bits per heavy atom. The summed E-state index contributed by atoms with van der Waals surface area (Å²) in [4.78, 5) is 11.9. The standard InChI is InChI=1S/C14H18O10/c1-22-14-12(20)11(19)10(18)8(24-14)4-23-13(21)5-2-6(15)9(17)7(16)3-5/h2-3,8,10-12,14-20H,4H2,1H3/t8?,10-,11?,12-,14+/m1/s1. The molecule has 10 nitrogen and oxygen atoms in total. The molecule has 6 N–H and O–H groups in total. The second-order valence-electron chi connectivity index (χ2n) is 5.21. The van der Waals surface area contributed by atoms with Crippen LogP contribution >= 0.6 is 0 Å². The molecule has 1 saturated heterocycles. The molecule has 24 heavy (non-hydrogen) atoms. The maximum atomic E-state index is 11.9. The first-order valence-electron chi connectivity index (χ1n) is 6.90. The quantitative estimate of drug-likeness (QED) is 0.276. The molecule has 2 rings (SSSR count). The van der Waals surface area contributed by atoms with Crippen molar-refractivity contribution in [2.45, 2.75) is 30.7 Å². The third kappa shape index (κ3) is 3.52. The van der Waals surface area contributed by atoms with Crippen LogP contribution in [-0.4, -0.2) is 81.0 Å². The lowest BCUT2D eigenvalue weighted by molar-refractivity contribution is -0.294. The van der Waals surface area contributed by atoms with Crippen LogP contribution in [0.1, 0.15) is 10.4 Å². The van der Waals surface area contributed by atoms with Crippen molar-refractivity contribution in [3.05, 3.63) is 17.7 Å². The third-order valence-corrected chi connectivity index (χ3v) is 3.58. The summed E-state index contributed by atoms with van der Waals surface area (Å²) in [5, 5.41) is 57.1. The number of phenolic OH excluding ortho intramolecular Hbond substituents is 3. The molecule has 0 bridgehead atoms. The highest BCUT2D eigenvalue weighted by Gasteiger charge is 2.44. The van der Waals surface area contributed by atoms with Gasteiger partial charge in [0.05, 0.1) is 5.56 Å². The van der Waals surface area contributed by atoms with Crippen LogP contribution in [0.4, 0.5) is 0 Å². The van der Waals surface area contributed by atoms with Crippen LogP contribution in [0.3, 0.4) is 0 Å². The summed E-state index contributed by atoms with van der Waals surface area (Å²) in [7, 11) is 1.23. The Labute approximate surface area is 136 Å². The van der Waals surface area contributed by atoms with Crippen molar-refractivity contribution in [3.8, 4) is 17.2 Å². The second-order valence-corrected chi connectivity index (χ2v) is 5.21. The van der Waals surface area contributed by atoms with Crippen LogP contribution in [0, 0.1) is 0 Å². The summed E-state index contributed by atoms with van der Waals surface area (Å²) in [6.07, 6.45) is -6.94. The van der Waals surface area contributed by atoms with E-state index in [9.17, 15) is 35.4 Å². The Morgan fingerprint density at radius 1 is 1.08 bits per heavy atom. The minimum atomic E-state index is -1.56. The molecule has 1 fully saturated rings. The molecule has 134 valence electrons. The molecular formula is C14H18O10. The van der Waals surface area contributed by atoms with Crippen molar-refractivity contribution < 1.29 is 49.6 Å². The first-order chi connectivity index (χ1) is 11.3. The molecule has 1 aliphatic rings. The number of carbonyl (C=O) groups excluding carboxylic acids is 1. The molecule has 0 saturated carbocycles. The van der Waals surface area contributed by atoms with E-state index in [4.69, 9.17) is 14.2 Å². The van der Waals surface area contributed by atoms with Gasteiger partial charge in [0, 0.05) is 7.11 Å². The minimum absolute atomic E-state index is 0.253. The number of esters is 1. The monoisotopic (exact) mass is 346 g/mol. The van der Waals surface area contributed by atoms with Gasteiger partial charge in [-0.3, -0.25) is 0 Å². The predicted octanol–water partition coefficient (Wildman–Crippen LogP) is -1.59. The fraction of sp³-hybridized carbons (Fsp3) is 0.500. The number of phenols is 3. The summed E-state index contributed by atoms with van der Waals surface area (Å²) in [5.41, 5.74) is -0.253. The van der Waals surface area contributed by atoms with Gasteiger partial charge in [-0.2, -0.15) is 0 Å². The number of ether oxygens (including phenoxy) is 3. The first kappa shape index (κ1) is 18.2. The zero-order valence-electron chi connectivity index (χ0n) is 12.6. The van der Waals surface area contributed by atoms with Crippen LogP contribution in [-0.2, 0) is 14.2 Å². The topological polar surface area (TPSA) is 166 Å². The first-order valence-corrected chi connectivity index (χ1v) is 6.90. The molecule has 5 atom stereocenters. The number of methoxy groups -OCH3 is 1. The fourth-order valence-electron chi connectivity index (χ4n) is 2.21. The van der Waals surface area contributed by atoms with Gasteiger partial charge in [0.1, 0.15) is 31.0 Å². The number of carbonyl (C=O) groups is 1. The van der Waals surface area contributed by atoms with Crippen molar-refractivity contribution in [2.24, 2.45) is 0 Å². The molecule has 10 heteroatoms. The van der Waals surface area contributed by atoms with E-state index in [2.05, 4.69) is 0 Å². The molecule has 1 aliphatic heterocycles. The molecule has 1 aromatic rings. The van der Waals surface area contributed by atoms with E-state index >= 15 is 0 Å².